The van der Waals surface area contributed by atoms with Gasteiger partial charge in [0.05, 0.1) is 0 Å². The number of carbonyl (C=O) groups is 2. The molecular formula is C22H26N2O3. The fourth-order valence-corrected chi connectivity index (χ4v) is 2.55. The molecule has 0 aliphatic carbocycles. The van der Waals surface area contributed by atoms with Gasteiger partial charge in [0.25, 0.3) is 0 Å². The second-order valence-corrected chi connectivity index (χ2v) is 6.45. The Morgan fingerprint density at radius 3 is 2.56 bits per heavy atom. The highest BCUT2D eigenvalue weighted by Crippen LogP contribution is 2.16. The van der Waals surface area contributed by atoms with Crippen molar-refractivity contribution in [3.8, 4) is 5.75 Å². The summed E-state index contributed by atoms with van der Waals surface area (Å²) in [7, 11) is 0. The molecule has 5 heteroatoms. The number of hydrogen-bond donors (Lipinski definition) is 2. The van der Waals surface area contributed by atoms with Gasteiger partial charge in [-0.25, -0.2) is 0 Å². The molecule has 0 heterocycles. The Kier molecular flexibility index (Phi) is 7.62. The Morgan fingerprint density at radius 1 is 1.15 bits per heavy atom. The Hall–Kier alpha value is -3.08. The van der Waals surface area contributed by atoms with Gasteiger partial charge in [-0.1, -0.05) is 62.7 Å². The fourth-order valence-electron chi connectivity index (χ4n) is 2.55. The van der Waals surface area contributed by atoms with Crippen LogP contribution in [0.15, 0.2) is 60.7 Å². The summed E-state index contributed by atoms with van der Waals surface area (Å²) in [6.45, 7) is 4.31. The predicted octanol–water partition coefficient (Wildman–Crippen LogP) is 3.30. The Bertz CT molecular complexity index is 787. The lowest BCUT2D eigenvalue weighted by Crippen LogP contribution is -2.47. The maximum atomic E-state index is 12.1. The van der Waals surface area contributed by atoms with Crippen molar-refractivity contribution in [1.29, 1.82) is 0 Å². The molecule has 2 unspecified atom stereocenters. The number of nitrogens with one attached hydrogen (secondary N) is 1. The maximum absolute atomic E-state index is 12.1. The molecule has 0 spiro atoms. The number of nitrogens with two attached hydrogens (primary N) is 1. The van der Waals surface area contributed by atoms with Gasteiger partial charge in [0.2, 0.25) is 11.8 Å². The maximum Gasteiger partial charge on any atom is 0.244 e. The van der Waals surface area contributed by atoms with Gasteiger partial charge in [0, 0.05) is 6.08 Å². The average molecular weight is 366 g/mol. The van der Waals surface area contributed by atoms with E-state index in [1.54, 1.807) is 6.08 Å². The normalized spacial score (nSPS) is 13.1. The average Bonchev–Trinajstić information content (AvgIpc) is 2.69. The first kappa shape index (κ1) is 20.2. The molecule has 0 aromatic heterocycles. The van der Waals surface area contributed by atoms with Gasteiger partial charge in [-0.15, -0.1) is 0 Å². The van der Waals surface area contributed by atoms with Crippen molar-refractivity contribution in [2.24, 2.45) is 11.7 Å². The third-order valence-electron chi connectivity index (χ3n) is 4.35. The molecule has 2 rings (SSSR count). The van der Waals surface area contributed by atoms with Crippen molar-refractivity contribution in [3.05, 3.63) is 71.8 Å². The molecule has 0 bridgehead atoms. The minimum absolute atomic E-state index is 0.0189. The highest BCUT2D eigenvalue weighted by molar-refractivity contribution is 5.95. The number of amides is 2. The van der Waals surface area contributed by atoms with E-state index in [1.165, 1.54) is 6.08 Å². The van der Waals surface area contributed by atoms with E-state index in [0.717, 1.165) is 23.3 Å². The second-order valence-electron chi connectivity index (χ2n) is 6.45. The van der Waals surface area contributed by atoms with E-state index in [-0.39, 0.29) is 11.8 Å². The van der Waals surface area contributed by atoms with Crippen molar-refractivity contribution < 1.29 is 14.3 Å². The lowest BCUT2D eigenvalue weighted by atomic mass is 9.98. The van der Waals surface area contributed by atoms with Crippen molar-refractivity contribution >= 4 is 17.9 Å². The Balaban J connectivity index is 1.96. The lowest BCUT2D eigenvalue weighted by Gasteiger charge is -2.20. The van der Waals surface area contributed by atoms with Crippen LogP contribution < -0.4 is 15.8 Å². The van der Waals surface area contributed by atoms with Gasteiger partial charge in [-0.2, -0.15) is 0 Å². The van der Waals surface area contributed by atoms with Crippen LogP contribution in [0.2, 0.25) is 0 Å². The quantitative estimate of drug-likeness (QED) is 0.668. The number of primary amides is 1. The van der Waals surface area contributed by atoms with Crippen LogP contribution in [0.4, 0.5) is 0 Å². The molecule has 0 fully saturated rings. The first-order valence-electron chi connectivity index (χ1n) is 9.04. The molecule has 5 nitrogen and oxygen atoms in total. The van der Waals surface area contributed by atoms with Crippen molar-refractivity contribution in [3.63, 3.8) is 0 Å². The zero-order valence-corrected chi connectivity index (χ0v) is 15.7. The number of ether oxygens (including phenoxy) is 1. The van der Waals surface area contributed by atoms with Gasteiger partial charge in [-0.3, -0.25) is 9.59 Å². The number of rotatable bonds is 9. The molecule has 142 valence electrons. The summed E-state index contributed by atoms with van der Waals surface area (Å²) in [4.78, 5) is 23.6. The fraction of sp³-hybridized carbons (Fsp3) is 0.273. The summed E-state index contributed by atoms with van der Waals surface area (Å²) in [5, 5.41) is 2.67. The highest BCUT2D eigenvalue weighted by Gasteiger charge is 2.22. The third-order valence-corrected chi connectivity index (χ3v) is 4.35. The SMILES string of the molecule is CCC(C)C(NC(=O)/C=C/c1cccc(OCc2ccccc2)c1)C(N)=O. The molecule has 2 aromatic rings. The van der Waals surface area contributed by atoms with Crippen LogP contribution in [-0.4, -0.2) is 17.9 Å². The van der Waals surface area contributed by atoms with Crippen molar-refractivity contribution in [2.45, 2.75) is 32.9 Å². The molecular weight excluding hydrogens is 340 g/mol. The van der Waals surface area contributed by atoms with Gasteiger partial charge >= 0.3 is 0 Å². The molecule has 0 saturated heterocycles. The van der Waals surface area contributed by atoms with Crippen LogP contribution >= 0.6 is 0 Å². The van der Waals surface area contributed by atoms with Crippen molar-refractivity contribution in [2.75, 3.05) is 0 Å². The monoisotopic (exact) mass is 366 g/mol. The molecule has 2 amide bonds. The topological polar surface area (TPSA) is 81.4 Å². The van der Waals surface area contributed by atoms with E-state index in [1.807, 2.05) is 68.4 Å². The van der Waals surface area contributed by atoms with E-state index in [4.69, 9.17) is 10.5 Å². The van der Waals surface area contributed by atoms with Crippen LogP contribution in [-0.2, 0) is 16.2 Å². The highest BCUT2D eigenvalue weighted by atomic mass is 16.5. The predicted molar refractivity (Wildman–Crippen MR) is 107 cm³/mol. The van der Waals surface area contributed by atoms with E-state index < -0.39 is 11.9 Å². The first-order chi connectivity index (χ1) is 13.0. The first-order valence-corrected chi connectivity index (χ1v) is 9.04. The van der Waals surface area contributed by atoms with Crippen LogP contribution in [0, 0.1) is 5.92 Å². The van der Waals surface area contributed by atoms with Crippen LogP contribution in [0.3, 0.4) is 0 Å². The number of benzene rings is 2. The van der Waals surface area contributed by atoms with Crippen LogP contribution in [0.1, 0.15) is 31.4 Å². The largest absolute Gasteiger partial charge is 0.489 e. The van der Waals surface area contributed by atoms with Gasteiger partial charge in [0.15, 0.2) is 0 Å². The molecule has 2 atom stereocenters. The minimum Gasteiger partial charge on any atom is -0.489 e. The summed E-state index contributed by atoms with van der Waals surface area (Å²) >= 11 is 0. The van der Waals surface area contributed by atoms with Gasteiger partial charge < -0.3 is 15.8 Å². The van der Waals surface area contributed by atoms with E-state index in [9.17, 15) is 9.59 Å². The summed E-state index contributed by atoms with van der Waals surface area (Å²) in [5.41, 5.74) is 7.29. The smallest absolute Gasteiger partial charge is 0.244 e. The Morgan fingerprint density at radius 2 is 1.89 bits per heavy atom. The van der Waals surface area contributed by atoms with Gasteiger partial charge in [-0.05, 0) is 35.3 Å². The number of hydrogen-bond acceptors (Lipinski definition) is 3. The van der Waals surface area contributed by atoms with E-state index >= 15 is 0 Å². The summed E-state index contributed by atoms with van der Waals surface area (Å²) in [6, 6.07) is 16.7. The van der Waals surface area contributed by atoms with Crippen LogP contribution in [0.25, 0.3) is 6.08 Å². The van der Waals surface area contributed by atoms with E-state index in [2.05, 4.69) is 5.32 Å². The second kappa shape index (κ2) is 10.2. The summed E-state index contributed by atoms with van der Waals surface area (Å²) < 4.78 is 5.79. The molecule has 0 radical (unpaired) electrons. The molecule has 27 heavy (non-hydrogen) atoms. The summed E-state index contributed by atoms with van der Waals surface area (Å²) in [6.07, 6.45) is 3.83. The standard InChI is InChI=1S/C22H26N2O3/c1-3-16(2)21(22(23)26)24-20(25)13-12-17-10-7-11-19(14-17)27-15-18-8-5-4-6-9-18/h4-14,16,21H,3,15H2,1-2H3,(H2,23,26)(H,24,25)/b13-12+. The van der Waals surface area contributed by atoms with Crippen molar-refractivity contribution in [1.82, 2.24) is 5.32 Å². The van der Waals surface area contributed by atoms with E-state index in [0.29, 0.717) is 6.61 Å². The molecule has 3 N–H and O–H groups in total. The third kappa shape index (κ3) is 6.62. The zero-order chi connectivity index (χ0) is 19.6. The van der Waals surface area contributed by atoms with Crippen LogP contribution in [0.5, 0.6) is 5.75 Å². The number of carbonyl (C=O) groups excluding carboxylic acids is 2. The minimum atomic E-state index is -0.673. The molecule has 0 saturated carbocycles. The molecule has 0 aliphatic heterocycles. The zero-order valence-electron chi connectivity index (χ0n) is 15.7. The Labute approximate surface area is 160 Å². The lowest BCUT2D eigenvalue weighted by molar-refractivity contribution is -0.126. The molecule has 2 aromatic carbocycles. The molecule has 0 aliphatic rings. The summed E-state index contributed by atoms with van der Waals surface area (Å²) in [5.74, 6) is -0.178. The van der Waals surface area contributed by atoms with Gasteiger partial charge in [0.1, 0.15) is 18.4 Å².